The normalized spacial score (nSPS) is 25.2. The summed E-state index contributed by atoms with van der Waals surface area (Å²) >= 11 is 0. The predicted molar refractivity (Wildman–Crippen MR) is 68.0 cm³/mol. The molecule has 0 aromatic rings. The first-order chi connectivity index (χ1) is 9.53. The zero-order valence-corrected chi connectivity index (χ0v) is 10.8. The van der Waals surface area contributed by atoms with E-state index in [-0.39, 0.29) is 0 Å². The van der Waals surface area contributed by atoms with Gasteiger partial charge in [0.25, 0.3) is 23.6 Å². The second-order valence-corrected chi connectivity index (χ2v) is 5.40. The van der Waals surface area contributed by atoms with Crippen LogP contribution in [0.1, 0.15) is 32.1 Å². The molecule has 104 valence electrons. The Bertz CT molecular complexity index is 548. The molecule has 0 unspecified atom stereocenters. The van der Waals surface area contributed by atoms with Crippen molar-refractivity contribution in [1.82, 2.24) is 10.6 Å². The molecule has 0 bridgehead atoms. The summed E-state index contributed by atoms with van der Waals surface area (Å²) in [5.41, 5.74) is -0.165. The molecular formula is C14H14N2O4. The van der Waals surface area contributed by atoms with Gasteiger partial charge in [0.15, 0.2) is 0 Å². The minimum absolute atomic E-state index is 0.318. The van der Waals surface area contributed by atoms with Gasteiger partial charge in [0.1, 0.15) is 0 Å². The molecule has 1 saturated carbocycles. The first kappa shape index (κ1) is 12.8. The molecule has 4 amide bonds. The van der Waals surface area contributed by atoms with Crippen molar-refractivity contribution in [3.8, 4) is 0 Å². The van der Waals surface area contributed by atoms with Gasteiger partial charge in [-0.25, -0.2) is 0 Å². The van der Waals surface area contributed by atoms with E-state index in [1.807, 2.05) is 0 Å². The Labute approximate surface area is 115 Å². The Morgan fingerprint density at radius 1 is 0.750 bits per heavy atom. The summed E-state index contributed by atoms with van der Waals surface area (Å²) < 4.78 is 0. The highest BCUT2D eigenvalue weighted by Crippen LogP contribution is 2.49. The van der Waals surface area contributed by atoms with Gasteiger partial charge in [0, 0.05) is 28.7 Å². The lowest BCUT2D eigenvalue weighted by molar-refractivity contribution is -0.125. The molecule has 3 aliphatic rings. The van der Waals surface area contributed by atoms with Crippen LogP contribution in [0.15, 0.2) is 23.3 Å². The number of hydrogen-bond acceptors (Lipinski definition) is 4. The van der Waals surface area contributed by atoms with Gasteiger partial charge in [0.2, 0.25) is 0 Å². The highest BCUT2D eigenvalue weighted by Gasteiger charge is 2.48. The van der Waals surface area contributed by atoms with Gasteiger partial charge in [-0.1, -0.05) is 19.3 Å². The Morgan fingerprint density at radius 3 is 1.55 bits per heavy atom. The topological polar surface area (TPSA) is 92.3 Å². The van der Waals surface area contributed by atoms with Crippen LogP contribution in [0.5, 0.6) is 0 Å². The lowest BCUT2D eigenvalue weighted by Gasteiger charge is -2.37. The van der Waals surface area contributed by atoms with Crippen molar-refractivity contribution < 1.29 is 19.2 Å². The molecule has 0 spiro atoms. The van der Waals surface area contributed by atoms with Crippen molar-refractivity contribution in [3.05, 3.63) is 23.3 Å². The van der Waals surface area contributed by atoms with E-state index in [0.29, 0.717) is 24.0 Å². The van der Waals surface area contributed by atoms with Crippen molar-refractivity contribution in [2.24, 2.45) is 5.41 Å². The van der Waals surface area contributed by atoms with Gasteiger partial charge in [-0.2, -0.15) is 0 Å². The summed E-state index contributed by atoms with van der Waals surface area (Å²) in [6.07, 6.45) is 6.48. The Kier molecular flexibility index (Phi) is 2.81. The van der Waals surface area contributed by atoms with Crippen LogP contribution in [0.4, 0.5) is 0 Å². The van der Waals surface area contributed by atoms with Crippen LogP contribution in [0, 0.1) is 5.41 Å². The number of amides is 4. The Balaban J connectivity index is 2.10. The largest absolute Gasteiger partial charge is 0.289 e. The summed E-state index contributed by atoms with van der Waals surface area (Å²) in [6.45, 7) is 0. The van der Waals surface area contributed by atoms with E-state index in [0.717, 1.165) is 19.3 Å². The predicted octanol–water partition coefficient (Wildman–Crippen LogP) is 0.102. The van der Waals surface area contributed by atoms with E-state index in [9.17, 15) is 19.2 Å². The molecular weight excluding hydrogens is 260 g/mol. The lowest BCUT2D eigenvalue weighted by atomic mass is 9.64. The molecule has 0 saturated heterocycles. The van der Waals surface area contributed by atoms with Crippen molar-refractivity contribution in [2.45, 2.75) is 32.1 Å². The minimum atomic E-state index is -0.801. The maximum absolute atomic E-state index is 12.0. The molecule has 3 rings (SSSR count). The van der Waals surface area contributed by atoms with Gasteiger partial charge in [-0.3, -0.25) is 29.8 Å². The van der Waals surface area contributed by atoms with Crippen molar-refractivity contribution in [3.63, 3.8) is 0 Å². The lowest BCUT2D eigenvalue weighted by Crippen LogP contribution is -2.37. The smallest absolute Gasteiger partial charge is 0.255 e. The zero-order valence-electron chi connectivity index (χ0n) is 10.8. The van der Waals surface area contributed by atoms with E-state index in [1.165, 1.54) is 12.2 Å². The molecule has 6 heteroatoms. The van der Waals surface area contributed by atoms with Gasteiger partial charge >= 0.3 is 0 Å². The summed E-state index contributed by atoms with van der Waals surface area (Å²) in [6, 6.07) is 0. The van der Waals surface area contributed by atoms with Crippen molar-refractivity contribution >= 4 is 23.6 Å². The zero-order chi connectivity index (χ0) is 14.3. The van der Waals surface area contributed by atoms with E-state index < -0.39 is 29.0 Å². The van der Waals surface area contributed by atoms with Gasteiger partial charge in [0.05, 0.1) is 0 Å². The van der Waals surface area contributed by atoms with E-state index in [1.54, 1.807) is 0 Å². The molecule has 20 heavy (non-hydrogen) atoms. The fraction of sp³-hybridized carbons (Fsp3) is 0.429. The van der Waals surface area contributed by atoms with E-state index in [2.05, 4.69) is 10.6 Å². The standard InChI is InChI=1S/C14H14N2O4/c17-10-6-8(12(19)15-10)14(4-2-1-3-5-14)9-7-11(18)16-13(9)20/h6-7H,1-5H2,(H,15,17,19)(H,16,18,20). The third-order valence-corrected chi connectivity index (χ3v) is 4.25. The van der Waals surface area contributed by atoms with Crippen LogP contribution >= 0.6 is 0 Å². The SMILES string of the molecule is O=C1C=C(C2(C3=CC(=O)NC3=O)CCCCC2)C(=O)N1. The fourth-order valence-electron chi connectivity index (χ4n) is 3.37. The summed E-state index contributed by atoms with van der Waals surface area (Å²) in [7, 11) is 0. The number of nitrogens with one attached hydrogen (secondary N) is 2. The summed E-state index contributed by atoms with van der Waals surface area (Å²) in [4.78, 5) is 46.8. The second kappa shape index (κ2) is 4.40. The third kappa shape index (κ3) is 1.79. The number of hydrogen-bond donors (Lipinski definition) is 2. The van der Waals surface area contributed by atoms with Crippen LogP contribution in [0.25, 0.3) is 0 Å². The Morgan fingerprint density at radius 2 is 1.20 bits per heavy atom. The molecule has 1 fully saturated rings. The van der Waals surface area contributed by atoms with Crippen LogP contribution in [-0.2, 0) is 19.2 Å². The molecule has 0 aromatic heterocycles. The van der Waals surface area contributed by atoms with Crippen LogP contribution in [0.2, 0.25) is 0 Å². The monoisotopic (exact) mass is 274 g/mol. The van der Waals surface area contributed by atoms with E-state index in [4.69, 9.17) is 0 Å². The molecule has 0 radical (unpaired) electrons. The van der Waals surface area contributed by atoms with Crippen LogP contribution < -0.4 is 10.6 Å². The highest BCUT2D eigenvalue weighted by atomic mass is 16.2. The molecule has 6 nitrogen and oxygen atoms in total. The average Bonchev–Trinajstić information content (AvgIpc) is 2.93. The molecule has 1 aliphatic carbocycles. The fourth-order valence-corrected chi connectivity index (χ4v) is 3.37. The van der Waals surface area contributed by atoms with E-state index >= 15 is 0 Å². The van der Waals surface area contributed by atoms with Crippen molar-refractivity contribution in [2.75, 3.05) is 0 Å². The highest BCUT2D eigenvalue weighted by molar-refractivity contribution is 6.21. The van der Waals surface area contributed by atoms with Crippen LogP contribution in [-0.4, -0.2) is 23.6 Å². The second-order valence-electron chi connectivity index (χ2n) is 5.40. The Hall–Kier alpha value is -2.24. The quantitative estimate of drug-likeness (QED) is 0.699. The number of imide groups is 2. The third-order valence-electron chi connectivity index (χ3n) is 4.25. The van der Waals surface area contributed by atoms with Crippen molar-refractivity contribution in [1.29, 1.82) is 0 Å². The number of carbonyl (C=O) groups is 4. The molecule has 2 N–H and O–H groups in total. The first-order valence-corrected chi connectivity index (χ1v) is 6.68. The first-order valence-electron chi connectivity index (χ1n) is 6.68. The summed E-state index contributed by atoms with van der Waals surface area (Å²) in [5, 5.41) is 4.45. The summed E-state index contributed by atoms with van der Waals surface area (Å²) in [5.74, 6) is -1.82. The number of carbonyl (C=O) groups excluding carboxylic acids is 4. The van der Waals surface area contributed by atoms with Gasteiger partial charge in [-0.05, 0) is 12.8 Å². The number of rotatable bonds is 2. The van der Waals surface area contributed by atoms with Crippen LogP contribution in [0.3, 0.4) is 0 Å². The average molecular weight is 274 g/mol. The maximum atomic E-state index is 12.0. The van der Waals surface area contributed by atoms with Gasteiger partial charge in [-0.15, -0.1) is 0 Å². The molecule has 0 aromatic carbocycles. The molecule has 0 atom stereocenters. The molecule has 2 aliphatic heterocycles. The molecule has 2 heterocycles. The maximum Gasteiger partial charge on any atom is 0.255 e. The minimum Gasteiger partial charge on any atom is -0.289 e. The van der Waals surface area contributed by atoms with Gasteiger partial charge < -0.3 is 0 Å².